The molecule has 0 atom stereocenters. The van der Waals surface area contributed by atoms with Gasteiger partial charge in [0.1, 0.15) is 11.5 Å². The van der Waals surface area contributed by atoms with Crippen molar-refractivity contribution >= 4 is 28.8 Å². The maximum absolute atomic E-state index is 6.10. The topological polar surface area (TPSA) is 29.9 Å². The number of para-hydroxylation sites is 1. The number of fused-ring (bicyclic) bond motifs is 1. The number of nitrogens with one attached hydrogen (secondary N) is 1. The van der Waals surface area contributed by atoms with Gasteiger partial charge in [0.15, 0.2) is 0 Å². The summed E-state index contributed by atoms with van der Waals surface area (Å²) in [7, 11) is 0. The average Bonchev–Trinajstić information content (AvgIpc) is 3.23. The van der Waals surface area contributed by atoms with E-state index in [2.05, 4.69) is 47.3 Å². The lowest BCUT2D eigenvalue weighted by molar-refractivity contribution is 0.867. The Kier molecular flexibility index (Phi) is 3.43. The van der Waals surface area contributed by atoms with Gasteiger partial charge < -0.3 is 5.32 Å². The third kappa shape index (κ3) is 2.14. The number of rotatable bonds is 3. The third-order valence-electron chi connectivity index (χ3n) is 4.06. The van der Waals surface area contributed by atoms with E-state index >= 15 is 0 Å². The fourth-order valence-electron chi connectivity index (χ4n) is 3.00. The summed E-state index contributed by atoms with van der Waals surface area (Å²) in [6.07, 6.45) is 2.00. The molecule has 1 aliphatic rings. The molecular weight excluding hydrogens is 314 g/mol. The summed E-state index contributed by atoms with van der Waals surface area (Å²) in [6, 6.07) is 12.5. The monoisotopic (exact) mass is 329 g/mol. The van der Waals surface area contributed by atoms with E-state index in [-0.39, 0.29) is 0 Å². The number of anilines is 1. The van der Waals surface area contributed by atoms with Crippen molar-refractivity contribution in [3.8, 4) is 16.3 Å². The van der Waals surface area contributed by atoms with Crippen molar-refractivity contribution in [2.45, 2.75) is 19.8 Å². The maximum Gasteiger partial charge on any atom is 0.133 e. The highest BCUT2D eigenvalue weighted by Gasteiger charge is 2.25. The minimum absolute atomic E-state index is 0.804. The van der Waals surface area contributed by atoms with E-state index in [0.29, 0.717) is 0 Å². The summed E-state index contributed by atoms with van der Waals surface area (Å²) < 4.78 is 2.86. The summed E-state index contributed by atoms with van der Waals surface area (Å²) in [4.78, 5) is 1.14. The highest BCUT2D eigenvalue weighted by atomic mass is 35.5. The van der Waals surface area contributed by atoms with Crippen LogP contribution in [0.5, 0.6) is 0 Å². The first-order valence-corrected chi connectivity index (χ1v) is 8.67. The lowest BCUT2D eigenvalue weighted by atomic mass is 10.1. The van der Waals surface area contributed by atoms with Crippen LogP contribution in [0.3, 0.4) is 0 Å². The summed E-state index contributed by atoms with van der Waals surface area (Å²) >= 11 is 7.69. The number of nitrogens with zero attached hydrogens (tertiary/aromatic N) is 2. The summed E-state index contributed by atoms with van der Waals surface area (Å²) in [5.74, 6) is 1.13. The Morgan fingerprint density at radius 3 is 2.91 bits per heavy atom. The van der Waals surface area contributed by atoms with Gasteiger partial charge >= 0.3 is 0 Å². The summed E-state index contributed by atoms with van der Waals surface area (Å²) in [5.41, 5.74) is 4.81. The molecule has 0 saturated heterocycles. The van der Waals surface area contributed by atoms with E-state index in [1.165, 1.54) is 11.1 Å². The number of thiophene rings is 1. The number of benzene rings is 1. The van der Waals surface area contributed by atoms with Crippen LogP contribution < -0.4 is 5.32 Å². The lowest BCUT2D eigenvalue weighted by Crippen LogP contribution is -2.06. The van der Waals surface area contributed by atoms with Crippen molar-refractivity contribution in [3.63, 3.8) is 0 Å². The van der Waals surface area contributed by atoms with Crippen molar-refractivity contribution in [3.05, 3.63) is 51.9 Å². The quantitative estimate of drug-likeness (QED) is 0.749. The van der Waals surface area contributed by atoms with Crippen LogP contribution in [0, 0.1) is 0 Å². The van der Waals surface area contributed by atoms with E-state index in [9.17, 15) is 0 Å². The minimum atomic E-state index is 0.804. The van der Waals surface area contributed by atoms with Gasteiger partial charge in [-0.1, -0.05) is 36.7 Å². The highest BCUT2D eigenvalue weighted by Crippen LogP contribution is 2.38. The number of aromatic nitrogens is 2. The molecule has 0 spiro atoms. The minimum Gasteiger partial charge on any atom is -0.369 e. The van der Waals surface area contributed by atoms with Crippen LogP contribution in [0.1, 0.15) is 18.1 Å². The van der Waals surface area contributed by atoms with Crippen molar-refractivity contribution in [2.75, 3.05) is 11.9 Å². The molecule has 0 amide bonds. The number of halogens is 1. The lowest BCUT2D eigenvalue weighted by Gasteiger charge is -2.10. The zero-order valence-electron chi connectivity index (χ0n) is 12.3. The van der Waals surface area contributed by atoms with Gasteiger partial charge in [-0.05, 0) is 36.6 Å². The Balaban J connectivity index is 1.91. The third-order valence-corrected chi connectivity index (χ3v) is 5.30. The summed E-state index contributed by atoms with van der Waals surface area (Å²) in [5, 5.41) is 8.39. The van der Waals surface area contributed by atoms with Gasteiger partial charge in [0.25, 0.3) is 0 Å². The van der Waals surface area contributed by atoms with Crippen LogP contribution in [-0.4, -0.2) is 16.3 Å². The van der Waals surface area contributed by atoms with Crippen LogP contribution in [-0.2, 0) is 12.8 Å². The molecule has 3 heterocycles. The predicted molar refractivity (Wildman–Crippen MR) is 93.5 cm³/mol. The molecule has 3 aromatic rings. The SMILES string of the molecule is CCc1ccccc1-n1nc(-c2ccc(Cl)s2)c2c1NCC2. The van der Waals surface area contributed by atoms with Crippen LogP contribution in [0.15, 0.2) is 36.4 Å². The maximum atomic E-state index is 6.10. The van der Waals surface area contributed by atoms with Crippen molar-refractivity contribution in [2.24, 2.45) is 0 Å². The number of hydrogen-bond acceptors (Lipinski definition) is 3. The molecule has 3 nitrogen and oxygen atoms in total. The van der Waals surface area contributed by atoms with Crippen LogP contribution >= 0.6 is 22.9 Å². The summed E-state index contributed by atoms with van der Waals surface area (Å²) in [6.45, 7) is 3.14. The zero-order valence-corrected chi connectivity index (χ0v) is 13.8. The predicted octanol–water partition coefficient (Wildman–Crippen LogP) is 4.78. The Bertz CT molecular complexity index is 834. The van der Waals surface area contributed by atoms with Gasteiger partial charge in [0, 0.05) is 12.1 Å². The standard InChI is InChI=1S/C17H16ClN3S/c1-2-11-5-3-4-6-13(11)21-17-12(9-10-19-17)16(20-21)14-7-8-15(18)22-14/h3-8,19H,2,9-10H2,1H3. The highest BCUT2D eigenvalue weighted by molar-refractivity contribution is 7.19. The Labute approximate surface area is 138 Å². The van der Waals surface area contributed by atoms with E-state index in [0.717, 1.165) is 45.8 Å². The molecule has 0 radical (unpaired) electrons. The van der Waals surface area contributed by atoms with Gasteiger partial charge in [-0.2, -0.15) is 5.10 Å². The Morgan fingerprint density at radius 2 is 2.14 bits per heavy atom. The van der Waals surface area contributed by atoms with Crippen molar-refractivity contribution < 1.29 is 0 Å². The zero-order chi connectivity index (χ0) is 15.1. The first kappa shape index (κ1) is 13.9. The molecular formula is C17H16ClN3S. The average molecular weight is 330 g/mol. The molecule has 4 rings (SSSR count). The van der Waals surface area contributed by atoms with Crippen LogP contribution in [0.4, 0.5) is 5.82 Å². The van der Waals surface area contributed by atoms with Crippen LogP contribution in [0.2, 0.25) is 4.34 Å². The molecule has 112 valence electrons. The normalized spacial score (nSPS) is 13.2. The molecule has 22 heavy (non-hydrogen) atoms. The number of aryl methyl sites for hydroxylation is 1. The second-order valence-corrected chi connectivity index (χ2v) is 7.07. The van der Waals surface area contributed by atoms with Gasteiger partial charge in [0.05, 0.1) is 14.9 Å². The number of hydrogen-bond donors (Lipinski definition) is 1. The molecule has 0 bridgehead atoms. The second kappa shape index (κ2) is 5.45. The molecule has 0 saturated carbocycles. The molecule has 2 aromatic heterocycles. The second-order valence-electron chi connectivity index (χ2n) is 5.35. The molecule has 0 fully saturated rings. The van der Waals surface area contributed by atoms with E-state index < -0.39 is 0 Å². The Morgan fingerprint density at radius 1 is 1.27 bits per heavy atom. The Hall–Kier alpha value is -1.78. The van der Waals surface area contributed by atoms with Gasteiger partial charge in [0.2, 0.25) is 0 Å². The van der Waals surface area contributed by atoms with Crippen molar-refractivity contribution in [1.82, 2.24) is 9.78 Å². The van der Waals surface area contributed by atoms with Gasteiger partial charge in [-0.15, -0.1) is 11.3 Å². The van der Waals surface area contributed by atoms with Crippen molar-refractivity contribution in [1.29, 1.82) is 0 Å². The molecule has 5 heteroatoms. The van der Waals surface area contributed by atoms with E-state index in [1.54, 1.807) is 11.3 Å². The molecule has 0 aliphatic carbocycles. The fourth-order valence-corrected chi connectivity index (χ4v) is 4.06. The van der Waals surface area contributed by atoms with Gasteiger partial charge in [-0.3, -0.25) is 0 Å². The smallest absolute Gasteiger partial charge is 0.133 e. The largest absolute Gasteiger partial charge is 0.369 e. The van der Waals surface area contributed by atoms with Gasteiger partial charge in [-0.25, -0.2) is 4.68 Å². The first-order chi connectivity index (χ1) is 10.8. The van der Waals surface area contributed by atoms with Crippen LogP contribution in [0.25, 0.3) is 16.3 Å². The van der Waals surface area contributed by atoms with E-state index in [4.69, 9.17) is 16.7 Å². The fraction of sp³-hybridized carbons (Fsp3) is 0.235. The molecule has 0 unspecified atom stereocenters. The molecule has 1 N–H and O–H groups in total. The van der Waals surface area contributed by atoms with E-state index in [1.807, 2.05) is 6.07 Å². The molecule has 1 aromatic carbocycles. The first-order valence-electron chi connectivity index (χ1n) is 7.47. The molecule has 1 aliphatic heterocycles.